The summed E-state index contributed by atoms with van der Waals surface area (Å²) < 4.78 is 41.3. The van der Waals surface area contributed by atoms with Crippen LogP contribution in [0.25, 0.3) is 0 Å². The fourth-order valence-electron chi connectivity index (χ4n) is 14.8. The van der Waals surface area contributed by atoms with E-state index in [4.69, 9.17) is 11.6 Å². The van der Waals surface area contributed by atoms with E-state index in [9.17, 15) is 71.0 Å². The Morgan fingerprint density at radius 1 is 0.644 bits per heavy atom. The number of carbonyl (C=O) groups is 12. The molecule has 25 nitrogen and oxygen atoms in total. The van der Waals surface area contributed by atoms with E-state index in [1.165, 1.54) is 68.0 Å². The zero-order chi connectivity index (χ0) is 74.7. The minimum atomic E-state index is -4.76. The summed E-state index contributed by atoms with van der Waals surface area (Å²) in [6.45, 7) is 6.08. The smallest absolute Gasteiger partial charge is 0.391 e. The molecule has 3 aliphatic heterocycles. The van der Waals surface area contributed by atoms with Gasteiger partial charge in [0.1, 0.15) is 42.3 Å². The SMILES string of the molecule is CC[C@H](C)[C@@H]1NC(=O)[C@H](CC(C)C)N(C)C(=O)C[C@@H](C(=O)N2CCCCC2)N(C)C(=O)[C@H](C2CCCCC2)N(C)C(=O)CCCCNC(=O)[C@@H]2C[C@@H](O)CN2C(=O)[C@H](CCc2ccc(C(F)(F)F)c(Cl)c2)NC(=O)CN(C)C(=O)[C@H](CC2CCCCC2)N(C)C(=O)CN(C)C(=O)CN(C)C1=O. The van der Waals surface area contributed by atoms with Crippen molar-refractivity contribution < 1.29 is 75.8 Å². The first-order valence-electron chi connectivity index (χ1n) is 36.4. The van der Waals surface area contributed by atoms with E-state index < -0.39 is 162 Å². The van der Waals surface area contributed by atoms with Gasteiger partial charge in [-0.3, -0.25) is 57.5 Å². The Morgan fingerprint density at radius 2 is 1.25 bits per heavy atom. The standard InChI is InChI=1S/C72H112ClF3N12O13/c1-12-46(4)63-70(100)82(7)43-61(93)80(5)44-62(94)84(9)56(38-47-24-16-13-17-25-47)68(98)81(6)42-58(90)78-53(32-30-48-29-31-51(52(73)37-48)72(74,75)76)67(97)88-41-50(89)39-55(88)65(95)77-33-21-20-28-59(91)86(11)64(49-26-18-14-19-27-49)71(101)85(10)57(69(99)87-34-22-15-23-35-87)40-60(92)83(8)54(36-45(2)3)66(96)79-63/h29,31,37,45-47,49-50,53-57,63-64,89H,12-28,30,32-36,38-44H2,1-11H3,(H,77,95)(H,78,90)(H,79,96)/t46-,50+,53-,54-,55-,56-,57-,63-,64-/m0/s1. The van der Waals surface area contributed by atoms with Gasteiger partial charge in [0.25, 0.3) is 0 Å². The molecule has 29 heteroatoms. The number of nitrogens with one attached hydrogen (secondary N) is 3. The van der Waals surface area contributed by atoms with Gasteiger partial charge in [-0.15, -0.1) is 0 Å². The number of alkyl halides is 3. The first-order valence-corrected chi connectivity index (χ1v) is 36.8. The fourth-order valence-corrected chi connectivity index (χ4v) is 15.1. The molecule has 5 fully saturated rings. The number of likely N-dealkylation sites (N-methyl/N-ethyl adjacent to an activating group) is 7. The third-order valence-electron chi connectivity index (χ3n) is 21.3. The lowest BCUT2D eigenvalue weighted by atomic mass is 9.82. The van der Waals surface area contributed by atoms with Gasteiger partial charge in [-0.25, -0.2) is 0 Å². The van der Waals surface area contributed by atoms with Gasteiger partial charge in [0, 0.05) is 88.4 Å². The molecule has 3 saturated heterocycles. The number of rotatable bonds is 11. The van der Waals surface area contributed by atoms with Crippen LogP contribution in [-0.2, 0) is 70.1 Å². The van der Waals surface area contributed by atoms with Gasteiger partial charge in [-0.05, 0) is 112 Å². The number of fused-ring (bicyclic) bond motifs is 1. The number of hydrogen-bond acceptors (Lipinski definition) is 13. The number of halogens is 4. The fraction of sp³-hybridized carbons (Fsp3) is 0.750. The van der Waals surface area contributed by atoms with E-state index in [1.807, 2.05) is 20.8 Å². The van der Waals surface area contributed by atoms with Gasteiger partial charge in [0.15, 0.2) is 0 Å². The number of amides is 12. The van der Waals surface area contributed by atoms with Gasteiger partial charge >= 0.3 is 6.18 Å². The summed E-state index contributed by atoms with van der Waals surface area (Å²) in [5, 5.41) is 18.9. The zero-order valence-corrected chi connectivity index (χ0v) is 62.0. The van der Waals surface area contributed by atoms with E-state index in [2.05, 4.69) is 16.0 Å². The summed E-state index contributed by atoms with van der Waals surface area (Å²) in [6.07, 6.45) is 4.50. The molecule has 2 saturated carbocycles. The van der Waals surface area contributed by atoms with Crippen LogP contribution in [0, 0.1) is 23.7 Å². The Bertz CT molecular complexity index is 3070. The monoisotopic (exact) mass is 1440 g/mol. The van der Waals surface area contributed by atoms with Crippen molar-refractivity contribution in [3.63, 3.8) is 0 Å². The molecule has 101 heavy (non-hydrogen) atoms. The number of likely N-dealkylation sites (tertiary alicyclic amines) is 1. The maximum Gasteiger partial charge on any atom is 0.417 e. The lowest BCUT2D eigenvalue weighted by molar-refractivity contribution is -0.155. The molecule has 9 atom stereocenters. The predicted octanol–water partition coefficient (Wildman–Crippen LogP) is 5.25. The van der Waals surface area contributed by atoms with Crippen LogP contribution >= 0.6 is 11.6 Å². The Kier molecular flexibility index (Phi) is 31.5. The predicted molar refractivity (Wildman–Crippen MR) is 372 cm³/mol. The molecule has 3 heterocycles. The van der Waals surface area contributed by atoms with Crippen LogP contribution in [0.15, 0.2) is 18.2 Å². The van der Waals surface area contributed by atoms with Crippen molar-refractivity contribution in [3.8, 4) is 0 Å². The van der Waals surface area contributed by atoms with Crippen molar-refractivity contribution in [2.24, 2.45) is 23.7 Å². The van der Waals surface area contributed by atoms with Crippen molar-refractivity contribution >= 4 is 82.5 Å². The Morgan fingerprint density at radius 3 is 1.86 bits per heavy atom. The molecule has 0 spiro atoms. The van der Waals surface area contributed by atoms with E-state index in [0.29, 0.717) is 45.2 Å². The van der Waals surface area contributed by atoms with Gasteiger partial charge in [0.2, 0.25) is 70.9 Å². The molecule has 2 aliphatic carbocycles. The normalized spacial score (nSPS) is 26.7. The molecule has 0 unspecified atom stereocenters. The molecule has 12 amide bonds. The summed E-state index contributed by atoms with van der Waals surface area (Å²) in [7, 11) is 9.99. The second-order valence-corrected chi connectivity index (χ2v) is 29.8. The Balaban J connectivity index is 1.35. The summed E-state index contributed by atoms with van der Waals surface area (Å²) in [5.74, 6) is -8.50. The number of aryl methyl sites for hydroxylation is 1. The molecule has 1 aromatic rings. The largest absolute Gasteiger partial charge is 0.417 e. The highest BCUT2D eigenvalue weighted by molar-refractivity contribution is 6.31. The first-order chi connectivity index (χ1) is 47.6. The highest BCUT2D eigenvalue weighted by Crippen LogP contribution is 2.36. The molecule has 0 bridgehead atoms. The first kappa shape index (κ1) is 82.9. The van der Waals surface area contributed by atoms with Crippen LogP contribution in [0.2, 0.25) is 5.02 Å². The average Bonchev–Trinajstić information content (AvgIpc) is 1.63. The van der Waals surface area contributed by atoms with Gasteiger partial charge in [-0.1, -0.05) is 103 Å². The number of carbonyl (C=O) groups excluding carboxylic acids is 12. The average molecular weight is 1450 g/mol. The van der Waals surface area contributed by atoms with Crippen LogP contribution in [0.5, 0.6) is 0 Å². The minimum Gasteiger partial charge on any atom is -0.391 e. The molecule has 0 aromatic heterocycles. The van der Waals surface area contributed by atoms with Gasteiger partial charge in [-0.2, -0.15) is 13.2 Å². The molecule has 1 aromatic carbocycles. The second kappa shape index (κ2) is 38.4. The van der Waals surface area contributed by atoms with E-state index in [1.54, 1.807) is 18.9 Å². The molecule has 566 valence electrons. The topological polar surface area (TPSA) is 290 Å². The highest BCUT2D eigenvalue weighted by atomic mass is 35.5. The molecular weight excluding hydrogens is 1330 g/mol. The van der Waals surface area contributed by atoms with Crippen LogP contribution in [0.1, 0.15) is 180 Å². The summed E-state index contributed by atoms with van der Waals surface area (Å²) in [4.78, 5) is 187. The van der Waals surface area contributed by atoms with Crippen LogP contribution in [0.4, 0.5) is 13.2 Å². The number of hydrogen-bond donors (Lipinski definition) is 4. The lowest BCUT2D eigenvalue weighted by Gasteiger charge is -2.41. The summed E-state index contributed by atoms with van der Waals surface area (Å²) in [5.41, 5.74) is -0.807. The maximum absolute atomic E-state index is 15.3. The molecule has 0 radical (unpaired) electrons. The van der Waals surface area contributed by atoms with Gasteiger partial charge in [0.05, 0.1) is 42.7 Å². The summed E-state index contributed by atoms with van der Waals surface area (Å²) >= 11 is 6.10. The second-order valence-electron chi connectivity index (χ2n) is 29.4. The lowest BCUT2D eigenvalue weighted by Crippen LogP contribution is -2.60. The van der Waals surface area contributed by atoms with Gasteiger partial charge < -0.3 is 65.2 Å². The number of aliphatic hydroxyl groups is 1. The van der Waals surface area contributed by atoms with Crippen LogP contribution < -0.4 is 16.0 Å². The number of benzene rings is 1. The zero-order valence-electron chi connectivity index (χ0n) is 61.3. The Labute approximate surface area is 599 Å². The van der Waals surface area contributed by atoms with Crippen LogP contribution in [0.3, 0.4) is 0 Å². The molecular formula is C72H112ClF3N12O13. The third-order valence-corrected chi connectivity index (χ3v) is 21.7. The summed E-state index contributed by atoms with van der Waals surface area (Å²) in [6, 6.07) is -5.53. The molecule has 6 rings (SSSR count). The molecule has 4 N–H and O–H groups in total. The Hall–Kier alpha value is -7.10. The van der Waals surface area contributed by atoms with Crippen LogP contribution in [-0.4, -0.2) is 264 Å². The van der Waals surface area contributed by atoms with Crippen molar-refractivity contribution in [1.29, 1.82) is 0 Å². The van der Waals surface area contributed by atoms with Crippen molar-refractivity contribution in [2.75, 3.05) is 95.1 Å². The highest BCUT2D eigenvalue weighted by Gasteiger charge is 2.46. The van der Waals surface area contributed by atoms with Crippen molar-refractivity contribution in [1.82, 2.24) is 60.0 Å². The maximum atomic E-state index is 15.3. The number of aliphatic hydroxyl groups excluding tert-OH is 1. The van der Waals surface area contributed by atoms with E-state index >= 15 is 4.79 Å². The third kappa shape index (κ3) is 22.9. The quantitative estimate of drug-likeness (QED) is 0.220. The number of piperidine rings is 1. The van der Waals surface area contributed by atoms with E-state index in [0.717, 1.165) is 89.5 Å². The van der Waals surface area contributed by atoms with Crippen molar-refractivity contribution in [2.45, 2.75) is 230 Å². The van der Waals surface area contributed by atoms with E-state index in [-0.39, 0.29) is 93.7 Å². The number of nitrogens with zero attached hydrogens (tertiary/aromatic N) is 9. The van der Waals surface area contributed by atoms with Crippen molar-refractivity contribution in [3.05, 3.63) is 34.3 Å². The minimum absolute atomic E-state index is 0.00673. The molecule has 5 aliphatic rings.